The van der Waals surface area contributed by atoms with Crippen LogP contribution in [0.1, 0.15) is 12.8 Å². The largest absolute Gasteiger partial charge is 0.481 e. The zero-order valence-corrected chi connectivity index (χ0v) is 7.17. The molecule has 0 fully saturated rings. The van der Waals surface area contributed by atoms with Crippen molar-refractivity contribution in [3.63, 3.8) is 0 Å². The Morgan fingerprint density at radius 1 is 1.07 bits per heavy atom. The highest BCUT2D eigenvalue weighted by molar-refractivity contribution is 6.35. The van der Waals surface area contributed by atoms with Gasteiger partial charge in [0.2, 0.25) is 5.96 Å². The van der Waals surface area contributed by atoms with E-state index in [0.29, 0.717) is 0 Å². The number of hydrogen-bond acceptors (Lipinski definition) is 4. The first kappa shape index (κ1) is 11.9. The van der Waals surface area contributed by atoms with E-state index in [-0.39, 0.29) is 18.8 Å². The number of nitrogens with zero attached hydrogens (tertiary/aromatic N) is 2. The Bertz CT molecular complexity index is 292. The molecule has 0 atom stereocenters. The maximum absolute atomic E-state index is 10.4. The lowest BCUT2D eigenvalue weighted by Gasteiger charge is -1.95. The molecule has 6 N–H and O–H groups in total. The first-order valence-electron chi connectivity index (χ1n) is 3.54. The lowest BCUT2D eigenvalue weighted by Crippen LogP contribution is -2.22. The second-order valence-corrected chi connectivity index (χ2v) is 2.27. The van der Waals surface area contributed by atoms with E-state index in [9.17, 15) is 9.59 Å². The molecular weight excluding hydrogens is 192 g/mol. The number of nitrogens with two attached hydrogens (primary N) is 2. The molecule has 0 radical (unpaired) electrons. The average Bonchev–Trinajstić information content (AvgIpc) is 2.02. The Labute approximate surface area is 78.9 Å². The van der Waals surface area contributed by atoms with Crippen LogP contribution in [0.3, 0.4) is 0 Å². The number of carboxylic acid groups (broad SMARTS) is 2. The third-order valence-electron chi connectivity index (χ3n) is 1.11. The molecule has 0 rings (SSSR count). The van der Waals surface area contributed by atoms with Crippen molar-refractivity contribution in [2.45, 2.75) is 12.8 Å². The monoisotopic (exact) mass is 202 g/mol. The van der Waals surface area contributed by atoms with Crippen molar-refractivity contribution < 1.29 is 19.8 Å². The summed E-state index contributed by atoms with van der Waals surface area (Å²) in [6.45, 7) is 0. The molecule has 0 aliphatic rings. The van der Waals surface area contributed by atoms with E-state index in [0.717, 1.165) is 0 Å². The minimum atomic E-state index is -1.35. The number of rotatable bonds is 5. The van der Waals surface area contributed by atoms with Crippen molar-refractivity contribution in [2.75, 3.05) is 0 Å². The van der Waals surface area contributed by atoms with Crippen molar-refractivity contribution >= 4 is 23.6 Å². The predicted octanol–water partition coefficient (Wildman–Crippen LogP) is -1.43. The van der Waals surface area contributed by atoms with E-state index in [1.165, 1.54) is 0 Å². The van der Waals surface area contributed by atoms with Crippen LogP contribution in [0.25, 0.3) is 0 Å². The molecule has 0 spiro atoms. The Morgan fingerprint density at radius 3 is 2.00 bits per heavy atom. The Balaban J connectivity index is 4.45. The summed E-state index contributed by atoms with van der Waals surface area (Å²) in [6, 6.07) is 0. The summed E-state index contributed by atoms with van der Waals surface area (Å²) >= 11 is 0. The number of guanidine groups is 1. The highest BCUT2D eigenvalue weighted by atomic mass is 16.4. The second kappa shape index (κ2) is 5.51. The molecule has 0 saturated carbocycles. The van der Waals surface area contributed by atoms with Crippen LogP contribution in [-0.4, -0.2) is 33.8 Å². The van der Waals surface area contributed by atoms with Crippen LogP contribution in [0.4, 0.5) is 0 Å². The summed E-state index contributed by atoms with van der Waals surface area (Å²) in [5, 5.41) is 23.1. The Hall–Kier alpha value is -2.12. The summed E-state index contributed by atoms with van der Waals surface area (Å²) in [5.41, 5.74) is 9.41. The quantitative estimate of drug-likeness (QED) is 0.243. The van der Waals surface area contributed by atoms with E-state index in [4.69, 9.17) is 21.7 Å². The van der Waals surface area contributed by atoms with E-state index in [1.54, 1.807) is 0 Å². The molecule has 0 aromatic carbocycles. The minimum Gasteiger partial charge on any atom is -0.481 e. The number of carbonyl (C=O) groups is 2. The molecular formula is C6H10N4O4. The third kappa shape index (κ3) is 5.52. The van der Waals surface area contributed by atoms with Crippen molar-refractivity contribution in [1.29, 1.82) is 0 Å². The Morgan fingerprint density at radius 2 is 1.64 bits per heavy atom. The molecule has 0 saturated heterocycles. The van der Waals surface area contributed by atoms with Crippen LogP contribution < -0.4 is 11.5 Å². The smallest absolute Gasteiger partial charge is 0.352 e. The predicted molar refractivity (Wildman–Crippen MR) is 47.8 cm³/mol. The molecule has 0 aliphatic heterocycles. The molecule has 8 nitrogen and oxygen atoms in total. The molecule has 0 aromatic heterocycles. The zero-order valence-electron chi connectivity index (χ0n) is 7.17. The maximum atomic E-state index is 10.4. The fraction of sp³-hybridized carbons (Fsp3) is 0.333. The van der Waals surface area contributed by atoms with Gasteiger partial charge in [-0.3, -0.25) is 4.79 Å². The molecule has 8 heteroatoms. The molecule has 0 heterocycles. The van der Waals surface area contributed by atoms with E-state index in [1.807, 2.05) is 0 Å². The highest BCUT2D eigenvalue weighted by Gasteiger charge is 2.11. The molecule has 14 heavy (non-hydrogen) atoms. The molecule has 0 aliphatic carbocycles. The van der Waals surface area contributed by atoms with Gasteiger partial charge in [-0.1, -0.05) is 0 Å². The highest BCUT2D eigenvalue weighted by Crippen LogP contribution is 1.95. The van der Waals surface area contributed by atoms with Crippen LogP contribution in [-0.2, 0) is 9.59 Å². The van der Waals surface area contributed by atoms with Crippen LogP contribution >= 0.6 is 0 Å². The van der Waals surface area contributed by atoms with Gasteiger partial charge in [-0.05, 0) is 0 Å². The van der Waals surface area contributed by atoms with Crippen molar-refractivity contribution in [2.24, 2.45) is 21.7 Å². The van der Waals surface area contributed by atoms with Gasteiger partial charge in [-0.25, -0.2) is 4.79 Å². The molecule has 0 amide bonds. The fourth-order valence-electron chi connectivity index (χ4n) is 0.543. The van der Waals surface area contributed by atoms with Crippen LogP contribution in [0, 0.1) is 0 Å². The summed E-state index contributed by atoms with van der Waals surface area (Å²) in [5.74, 6) is -2.86. The van der Waals surface area contributed by atoms with Gasteiger partial charge >= 0.3 is 11.9 Å². The number of aliphatic carboxylic acids is 2. The van der Waals surface area contributed by atoms with Gasteiger partial charge in [-0.15, -0.1) is 10.2 Å². The lowest BCUT2D eigenvalue weighted by molar-refractivity contribution is -0.136. The second-order valence-electron chi connectivity index (χ2n) is 2.27. The summed E-state index contributed by atoms with van der Waals surface area (Å²) in [6.07, 6.45) is -0.577. The lowest BCUT2D eigenvalue weighted by atomic mass is 10.2. The third-order valence-corrected chi connectivity index (χ3v) is 1.11. The maximum Gasteiger partial charge on any atom is 0.352 e. The van der Waals surface area contributed by atoms with Crippen LogP contribution in [0.2, 0.25) is 0 Å². The van der Waals surface area contributed by atoms with Crippen LogP contribution in [0.5, 0.6) is 0 Å². The minimum absolute atomic E-state index is 0.235. The molecule has 0 aromatic rings. The van der Waals surface area contributed by atoms with Gasteiger partial charge in [0.1, 0.15) is 5.71 Å². The SMILES string of the molecule is NC(N)=N/N=C(\CCC(=O)O)C(=O)O. The Kier molecular flexibility index (Phi) is 4.68. The summed E-state index contributed by atoms with van der Waals surface area (Å²) in [4.78, 5) is 20.6. The first-order valence-corrected chi connectivity index (χ1v) is 3.54. The van der Waals surface area contributed by atoms with Crippen molar-refractivity contribution in [1.82, 2.24) is 0 Å². The van der Waals surface area contributed by atoms with Crippen molar-refractivity contribution in [3.8, 4) is 0 Å². The molecule has 78 valence electrons. The average molecular weight is 202 g/mol. The van der Waals surface area contributed by atoms with Gasteiger partial charge in [0.25, 0.3) is 0 Å². The van der Waals surface area contributed by atoms with Crippen molar-refractivity contribution in [3.05, 3.63) is 0 Å². The normalized spacial score (nSPS) is 10.7. The van der Waals surface area contributed by atoms with Crippen LogP contribution in [0.15, 0.2) is 10.2 Å². The topological polar surface area (TPSA) is 151 Å². The van der Waals surface area contributed by atoms with Gasteiger partial charge in [-0.2, -0.15) is 0 Å². The van der Waals surface area contributed by atoms with E-state index in [2.05, 4.69) is 10.2 Å². The van der Waals surface area contributed by atoms with E-state index >= 15 is 0 Å². The summed E-state index contributed by atoms with van der Waals surface area (Å²) < 4.78 is 0. The number of hydrogen-bond donors (Lipinski definition) is 4. The van der Waals surface area contributed by atoms with Gasteiger partial charge in [0, 0.05) is 6.42 Å². The fourth-order valence-corrected chi connectivity index (χ4v) is 0.543. The number of carboxylic acids is 2. The van der Waals surface area contributed by atoms with E-state index < -0.39 is 17.7 Å². The summed E-state index contributed by atoms with van der Waals surface area (Å²) in [7, 11) is 0. The zero-order chi connectivity index (χ0) is 11.1. The van der Waals surface area contributed by atoms with Gasteiger partial charge in [0.15, 0.2) is 0 Å². The molecule has 0 unspecified atom stereocenters. The standard InChI is InChI=1S/C6H10N4O4/c7-6(8)10-9-3(5(13)14)1-2-4(11)12/h1-2H2,(H,11,12)(H,13,14)(H4,7,8,10)/b9-3+. The first-order chi connectivity index (χ1) is 6.43. The molecule has 0 bridgehead atoms. The van der Waals surface area contributed by atoms with Gasteiger partial charge < -0.3 is 21.7 Å². The van der Waals surface area contributed by atoms with Gasteiger partial charge in [0.05, 0.1) is 6.42 Å².